The van der Waals surface area contributed by atoms with E-state index in [1.165, 1.54) is 4.42 Å². The molecular weight excluding hydrogens is 285 g/mol. The lowest BCUT2D eigenvalue weighted by atomic mass is 9.75. The van der Waals surface area contributed by atoms with Crippen LogP contribution in [0.2, 0.25) is 5.02 Å². The third-order valence-corrected chi connectivity index (χ3v) is 4.28. The highest BCUT2D eigenvalue weighted by molar-refractivity contribution is 6.30. The minimum Gasteiger partial charge on any atom is -0.322 e. The minimum absolute atomic E-state index is 0.117. The molecule has 1 spiro atoms. The van der Waals surface area contributed by atoms with Crippen molar-refractivity contribution in [2.45, 2.75) is 6.54 Å². The smallest absolute Gasteiger partial charge is 0.322 e. The topological polar surface area (TPSA) is 35.6 Å². The van der Waals surface area contributed by atoms with Crippen LogP contribution in [0.4, 0.5) is 4.79 Å². The summed E-state index contributed by atoms with van der Waals surface area (Å²) in [6, 6.07) is 7.22. The van der Waals surface area contributed by atoms with E-state index in [0.717, 1.165) is 31.7 Å². The van der Waals surface area contributed by atoms with E-state index in [1.54, 1.807) is 17.0 Å². The number of urea groups is 1. The second-order valence-corrected chi connectivity index (χ2v) is 6.23. The Labute approximate surface area is 122 Å². The van der Waals surface area contributed by atoms with Gasteiger partial charge in [0.05, 0.1) is 6.54 Å². The quantitative estimate of drug-likeness (QED) is 0.851. The lowest BCUT2D eigenvalue weighted by Crippen LogP contribution is -2.72. The summed E-state index contributed by atoms with van der Waals surface area (Å²) in [5.74, 6) is 0. The first-order valence-electron chi connectivity index (χ1n) is 6.25. The Balaban J connectivity index is 1.54. The number of halogens is 2. The van der Waals surface area contributed by atoms with Crippen molar-refractivity contribution in [3.63, 3.8) is 0 Å². The van der Waals surface area contributed by atoms with Gasteiger partial charge in [-0.05, 0) is 17.7 Å². The van der Waals surface area contributed by atoms with E-state index in [4.69, 9.17) is 23.4 Å². The van der Waals surface area contributed by atoms with E-state index < -0.39 is 0 Å². The molecule has 6 heteroatoms. The predicted molar refractivity (Wildman–Crippen MR) is 75.1 cm³/mol. The molecule has 0 bridgehead atoms. The van der Waals surface area contributed by atoms with Crippen LogP contribution in [-0.4, -0.2) is 41.5 Å². The first-order chi connectivity index (χ1) is 9.08. The Kier molecular flexibility index (Phi) is 3.33. The van der Waals surface area contributed by atoms with Gasteiger partial charge in [0.15, 0.2) is 0 Å². The molecule has 1 aromatic rings. The van der Waals surface area contributed by atoms with Gasteiger partial charge < -0.3 is 10.2 Å². The minimum atomic E-state index is -0.117. The van der Waals surface area contributed by atoms with Crippen LogP contribution in [0.15, 0.2) is 24.3 Å². The highest BCUT2D eigenvalue weighted by Crippen LogP contribution is 2.34. The zero-order valence-electron chi connectivity index (χ0n) is 10.4. The van der Waals surface area contributed by atoms with E-state index in [9.17, 15) is 4.79 Å². The van der Waals surface area contributed by atoms with Crippen molar-refractivity contribution in [3.8, 4) is 0 Å². The average Bonchev–Trinajstić information content (AvgIpc) is 2.28. The molecule has 0 atom stereocenters. The maximum absolute atomic E-state index is 12.1. The Morgan fingerprint density at radius 3 is 2.47 bits per heavy atom. The fourth-order valence-corrected chi connectivity index (χ4v) is 2.94. The summed E-state index contributed by atoms with van der Waals surface area (Å²) < 4.78 is 1.24. The van der Waals surface area contributed by atoms with Crippen LogP contribution in [0.3, 0.4) is 0 Å². The molecule has 2 heterocycles. The summed E-state index contributed by atoms with van der Waals surface area (Å²) in [5, 5.41) is 3.92. The molecule has 2 fully saturated rings. The number of benzene rings is 1. The van der Waals surface area contributed by atoms with Gasteiger partial charge in [-0.3, -0.25) is 0 Å². The van der Waals surface area contributed by atoms with E-state index >= 15 is 0 Å². The van der Waals surface area contributed by atoms with Crippen molar-refractivity contribution >= 4 is 29.4 Å². The van der Waals surface area contributed by atoms with Gasteiger partial charge in [-0.2, -0.15) is 0 Å². The molecule has 0 saturated carbocycles. The van der Waals surface area contributed by atoms with E-state index in [2.05, 4.69) is 5.32 Å². The van der Waals surface area contributed by atoms with Crippen molar-refractivity contribution < 1.29 is 4.79 Å². The number of hydrogen-bond donors (Lipinski definition) is 1. The Bertz CT molecular complexity index is 479. The van der Waals surface area contributed by atoms with E-state index in [0.29, 0.717) is 17.0 Å². The molecule has 19 heavy (non-hydrogen) atoms. The molecule has 2 aliphatic heterocycles. The van der Waals surface area contributed by atoms with Gasteiger partial charge in [0, 0.05) is 48.4 Å². The van der Waals surface area contributed by atoms with Crippen molar-refractivity contribution in [1.29, 1.82) is 0 Å². The summed E-state index contributed by atoms with van der Waals surface area (Å²) >= 11 is 11.9. The first-order valence-corrected chi connectivity index (χ1v) is 6.97. The van der Waals surface area contributed by atoms with Crippen molar-refractivity contribution in [2.75, 3.05) is 26.2 Å². The summed E-state index contributed by atoms with van der Waals surface area (Å²) in [7, 11) is 0. The molecule has 3 rings (SSSR count). The van der Waals surface area contributed by atoms with Crippen LogP contribution in [0.1, 0.15) is 5.56 Å². The predicted octanol–water partition coefficient (Wildman–Crippen LogP) is 2.32. The number of hydrogen-bond acceptors (Lipinski definition) is 2. The average molecular weight is 300 g/mol. The van der Waals surface area contributed by atoms with Gasteiger partial charge in [-0.15, -0.1) is 0 Å². The van der Waals surface area contributed by atoms with Crippen molar-refractivity contribution in [2.24, 2.45) is 5.41 Å². The Morgan fingerprint density at radius 1 is 1.32 bits per heavy atom. The molecule has 4 nitrogen and oxygen atoms in total. The number of nitrogens with one attached hydrogen (secondary N) is 1. The van der Waals surface area contributed by atoms with Crippen LogP contribution in [0.5, 0.6) is 0 Å². The van der Waals surface area contributed by atoms with Gasteiger partial charge in [0.25, 0.3) is 0 Å². The Hall–Kier alpha value is -0.970. The van der Waals surface area contributed by atoms with E-state index in [-0.39, 0.29) is 6.03 Å². The van der Waals surface area contributed by atoms with Gasteiger partial charge in [-0.1, -0.05) is 23.7 Å². The van der Waals surface area contributed by atoms with Crippen LogP contribution < -0.4 is 5.32 Å². The number of rotatable bonds is 2. The third-order valence-electron chi connectivity index (χ3n) is 3.77. The van der Waals surface area contributed by atoms with Gasteiger partial charge in [-0.25, -0.2) is 9.21 Å². The molecule has 0 radical (unpaired) electrons. The molecule has 1 aromatic carbocycles. The Morgan fingerprint density at radius 2 is 1.95 bits per heavy atom. The van der Waals surface area contributed by atoms with Crippen LogP contribution >= 0.6 is 23.4 Å². The molecule has 102 valence electrons. The molecule has 0 aliphatic carbocycles. The standard InChI is InChI=1S/C13H15Cl2N3O/c14-11-3-1-10(2-4-11)5-18(15)12(19)17-8-13(9-17)6-16-7-13/h1-4,16H,5-9H2. The SMILES string of the molecule is O=C(N(Cl)Cc1ccc(Cl)cc1)N1CC2(CNC2)C1. The van der Waals surface area contributed by atoms with Crippen LogP contribution in [0.25, 0.3) is 0 Å². The summed E-state index contributed by atoms with van der Waals surface area (Å²) in [5.41, 5.74) is 1.29. The number of likely N-dealkylation sites (tertiary alicyclic amines) is 1. The second kappa shape index (κ2) is 4.85. The zero-order valence-corrected chi connectivity index (χ0v) is 11.9. The molecule has 0 aromatic heterocycles. The van der Waals surface area contributed by atoms with E-state index in [1.807, 2.05) is 12.1 Å². The lowest BCUT2D eigenvalue weighted by Gasteiger charge is -2.56. The zero-order chi connectivity index (χ0) is 13.5. The lowest BCUT2D eigenvalue weighted by molar-refractivity contribution is -0.0162. The monoisotopic (exact) mass is 299 g/mol. The van der Waals surface area contributed by atoms with Gasteiger partial charge >= 0.3 is 6.03 Å². The number of amides is 2. The number of nitrogens with zero attached hydrogens (tertiary/aromatic N) is 2. The molecular formula is C13H15Cl2N3O. The summed E-state index contributed by atoms with van der Waals surface area (Å²) in [6.45, 7) is 4.02. The number of carbonyl (C=O) groups excluding carboxylic acids is 1. The fraction of sp³-hybridized carbons (Fsp3) is 0.462. The molecule has 2 aliphatic rings. The molecule has 1 N–H and O–H groups in total. The van der Waals surface area contributed by atoms with Crippen molar-refractivity contribution in [1.82, 2.24) is 14.6 Å². The normalized spacial score (nSPS) is 19.8. The fourth-order valence-electron chi connectivity index (χ4n) is 2.57. The highest BCUT2D eigenvalue weighted by Gasteiger charge is 2.49. The van der Waals surface area contributed by atoms with Gasteiger partial charge in [0.2, 0.25) is 0 Å². The van der Waals surface area contributed by atoms with Crippen LogP contribution in [-0.2, 0) is 6.54 Å². The molecule has 0 unspecified atom stereocenters. The largest absolute Gasteiger partial charge is 0.334 e. The maximum atomic E-state index is 12.1. The molecule has 2 saturated heterocycles. The maximum Gasteiger partial charge on any atom is 0.334 e. The first kappa shape index (κ1) is 13.0. The highest BCUT2D eigenvalue weighted by atomic mass is 35.5. The second-order valence-electron chi connectivity index (χ2n) is 5.39. The summed E-state index contributed by atoms with van der Waals surface area (Å²) in [6.07, 6.45) is 0. The van der Waals surface area contributed by atoms with Gasteiger partial charge in [0.1, 0.15) is 0 Å². The van der Waals surface area contributed by atoms with Crippen molar-refractivity contribution in [3.05, 3.63) is 34.9 Å². The molecule has 2 amide bonds. The summed E-state index contributed by atoms with van der Waals surface area (Å²) in [4.78, 5) is 13.9. The third kappa shape index (κ3) is 2.53. The van der Waals surface area contributed by atoms with Crippen LogP contribution in [0, 0.1) is 5.41 Å². The number of carbonyl (C=O) groups is 1.